The molecule has 1 amide bonds. The molecule has 0 rings (SSSR count). The number of hydrogen-bond acceptors (Lipinski definition) is 3. The van der Waals surface area contributed by atoms with Crippen LogP contribution in [0.1, 0.15) is 33.1 Å². The van der Waals surface area contributed by atoms with Crippen molar-refractivity contribution in [1.82, 2.24) is 9.80 Å². The third-order valence-electron chi connectivity index (χ3n) is 2.75. The Morgan fingerprint density at radius 2 is 1.88 bits per heavy atom. The standard InChI is InChI=1S/C12H27N3O/c1-4-9-15(5-2)11-7-12(16)14(3)10-6-8-13/h4-11,13H2,1-3H3. The van der Waals surface area contributed by atoms with Crippen molar-refractivity contribution in [3.05, 3.63) is 0 Å². The van der Waals surface area contributed by atoms with Crippen LogP contribution in [0.15, 0.2) is 0 Å². The highest BCUT2D eigenvalue weighted by atomic mass is 16.2. The smallest absolute Gasteiger partial charge is 0.223 e. The molecule has 0 unspecified atom stereocenters. The minimum atomic E-state index is 0.225. The number of nitrogens with two attached hydrogens (primary N) is 1. The Morgan fingerprint density at radius 3 is 2.38 bits per heavy atom. The SMILES string of the molecule is CCCN(CC)CCC(=O)N(C)CCCN. The lowest BCUT2D eigenvalue weighted by Gasteiger charge is -2.21. The molecule has 4 heteroatoms. The highest BCUT2D eigenvalue weighted by Gasteiger charge is 2.09. The maximum absolute atomic E-state index is 11.7. The first kappa shape index (κ1) is 15.4. The zero-order valence-electron chi connectivity index (χ0n) is 11.0. The molecule has 0 saturated carbocycles. The van der Waals surface area contributed by atoms with E-state index < -0.39 is 0 Å². The van der Waals surface area contributed by atoms with Crippen LogP contribution in [-0.2, 0) is 4.79 Å². The van der Waals surface area contributed by atoms with Crippen LogP contribution in [0.4, 0.5) is 0 Å². The predicted octanol–water partition coefficient (Wildman–Crippen LogP) is 0.916. The van der Waals surface area contributed by atoms with Gasteiger partial charge in [-0.1, -0.05) is 13.8 Å². The number of carbonyl (C=O) groups excluding carboxylic acids is 1. The van der Waals surface area contributed by atoms with Gasteiger partial charge in [0.05, 0.1) is 0 Å². The number of hydrogen-bond donors (Lipinski definition) is 1. The summed E-state index contributed by atoms with van der Waals surface area (Å²) in [7, 11) is 1.86. The Kier molecular flexibility index (Phi) is 9.24. The van der Waals surface area contributed by atoms with E-state index in [1.54, 1.807) is 4.90 Å². The average molecular weight is 229 g/mol. The van der Waals surface area contributed by atoms with E-state index in [1.807, 2.05) is 7.05 Å². The Bertz CT molecular complexity index is 185. The van der Waals surface area contributed by atoms with E-state index in [4.69, 9.17) is 5.73 Å². The fourth-order valence-electron chi connectivity index (χ4n) is 1.64. The summed E-state index contributed by atoms with van der Waals surface area (Å²) < 4.78 is 0. The van der Waals surface area contributed by atoms with Gasteiger partial charge in [-0.05, 0) is 32.5 Å². The highest BCUT2D eigenvalue weighted by Crippen LogP contribution is 1.97. The van der Waals surface area contributed by atoms with Crippen molar-refractivity contribution in [3.63, 3.8) is 0 Å². The van der Waals surface area contributed by atoms with Gasteiger partial charge in [0.1, 0.15) is 0 Å². The summed E-state index contributed by atoms with van der Waals surface area (Å²) >= 11 is 0. The van der Waals surface area contributed by atoms with E-state index in [9.17, 15) is 4.79 Å². The molecule has 0 radical (unpaired) electrons. The van der Waals surface area contributed by atoms with Gasteiger partial charge in [-0.25, -0.2) is 0 Å². The lowest BCUT2D eigenvalue weighted by molar-refractivity contribution is -0.130. The van der Waals surface area contributed by atoms with E-state index in [0.29, 0.717) is 13.0 Å². The van der Waals surface area contributed by atoms with Crippen molar-refractivity contribution in [2.75, 3.05) is 39.8 Å². The van der Waals surface area contributed by atoms with Crippen molar-refractivity contribution >= 4 is 5.91 Å². The van der Waals surface area contributed by atoms with Gasteiger partial charge in [-0.2, -0.15) is 0 Å². The summed E-state index contributed by atoms with van der Waals surface area (Å²) in [5.41, 5.74) is 5.41. The van der Waals surface area contributed by atoms with Gasteiger partial charge in [0.15, 0.2) is 0 Å². The van der Waals surface area contributed by atoms with Gasteiger partial charge in [0.2, 0.25) is 5.91 Å². The molecule has 0 atom stereocenters. The molecule has 0 heterocycles. The van der Waals surface area contributed by atoms with Crippen LogP contribution in [0.3, 0.4) is 0 Å². The number of nitrogens with zero attached hydrogens (tertiary/aromatic N) is 2. The molecule has 0 aromatic rings. The summed E-state index contributed by atoms with van der Waals surface area (Å²) in [6.07, 6.45) is 2.65. The van der Waals surface area contributed by atoms with Crippen LogP contribution in [0.2, 0.25) is 0 Å². The summed E-state index contributed by atoms with van der Waals surface area (Å²) in [5, 5.41) is 0. The van der Waals surface area contributed by atoms with Crippen LogP contribution in [0.25, 0.3) is 0 Å². The van der Waals surface area contributed by atoms with Crippen molar-refractivity contribution in [2.24, 2.45) is 5.73 Å². The van der Waals surface area contributed by atoms with E-state index in [0.717, 1.165) is 39.0 Å². The summed E-state index contributed by atoms with van der Waals surface area (Å²) in [6.45, 7) is 8.69. The Hall–Kier alpha value is -0.610. The molecule has 2 N–H and O–H groups in total. The molecule has 0 saturated heterocycles. The van der Waals surface area contributed by atoms with Gasteiger partial charge in [0, 0.05) is 26.6 Å². The molecular formula is C12H27N3O. The van der Waals surface area contributed by atoms with Crippen LogP contribution in [0, 0.1) is 0 Å². The molecule has 0 aliphatic carbocycles. The number of carbonyl (C=O) groups is 1. The second-order valence-corrected chi connectivity index (χ2v) is 4.14. The zero-order chi connectivity index (χ0) is 12.4. The van der Waals surface area contributed by atoms with Gasteiger partial charge < -0.3 is 15.5 Å². The highest BCUT2D eigenvalue weighted by molar-refractivity contribution is 5.76. The molecule has 0 fully saturated rings. The van der Waals surface area contributed by atoms with Gasteiger partial charge in [-0.3, -0.25) is 4.79 Å². The maximum Gasteiger partial charge on any atom is 0.223 e. The molecule has 0 aromatic heterocycles. The van der Waals surface area contributed by atoms with Crippen LogP contribution >= 0.6 is 0 Å². The molecule has 4 nitrogen and oxygen atoms in total. The van der Waals surface area contributed by atoms with Gasteiger partial charge in [-0.15, -0.1) is 0 Å². The first-order valence-corrected chi connectivity index (χ1v) is 6.32. The largest absolute Gasteiger partial charge is 0.346 e. The third kappa shape index (κ3) is 6.80. The summed E-state index contributed by atoms with van der Waals surface area (Å²) in [4.78, 5) is 15.8. The van der Waals surface area contributed by atoms with Crippen molar-refractivity contribution in [1.29, 1.82) is 0 Å². The summed E-state index contributed by atoms with van der Waals surface area (Å²) in [6, 6.07) is 0. The molecule has 0 spiro atoms. The number of rotatable bonds is 9. The third-order valence-corrected chi connectivity index (χ3v) is 2.75. The lowest BCUT2D eigenvalue weighted by atomic mass is 10.3. The first-order chi connectivity index (χ1) is 7.65. The van der Waals surface area contributed by atoms with E-state index in [1.165, 1.54) is 0 Å². The lowest BCUT2D eigenvalue weighted by Crippen LogP contribution is -2.33. The molecule has 16 heavy (non-hydrogen) atoms. The van der Waals surface area contributed by atoms with Crippen molar-refractivity contribution in [2.45, 2.75) is 33.1 Å². The Labute approximate surface area is 99.8 Å². The van der Waals surface area contributed by atoms with Crippen molar-refractivity contribution in [3.8, 4) is 0 Å². The quantitative estimate of drug-likeness (QED) is 0.639. The molecule has 0 bridgehead atoms. The molecule has 0 aromatic carbocycles. The monoisotopic (exact) mass is 229 g/mol. The van der Waals surface area contributed by atoms with E-state index in [2.05, 4.69) is 18.7 Å². The topological polar surface area (TPSA) is 49.6 Å². The minimum absolute atomic E-state index is 0.225. The van der Waals surface area contributed by atoms with Crippen molar-refractivity contribution < 1.29 is 4.79 Å². The summed E-state index contributed by atoms with van der Waals surface area (Å²) in [5.74, 6) is 0.225. The second-order valence-electron chi connectivity index (χ2n) is 4.14. The second kappa shape index (κ2) is 9.60. The van der Waals surface area contributed by atoms with Gasteiger partial charge in [0.25, 0.3) is 0 Å². The fraction of sp³-hybridized carbons (Fsp3) is 0.917. The average Bonchev–Trinajstić information content (AvgIpc) is 2.30. The normalized spacial score (nSPS) is 10.8. The van der Waals surface area contributed by atoms with Gasteiger partial charge >= 0.3 is 0 Å². The Morgan fingerprint density at radius 1 is 1.19 bits per heavy atom. The first-order valence-electron chi connectivity index (χ1n) is 6.32. The molecule has 0 aliphatic heterocycles. The van der Waals surface area contributed by atoms with E-state index >= 15 is 0 Å². The molecule has 0 aliphatic rings. The number of amides is 1. The minimum Gasteiger partial charge on any atom is -0.346 e. The maximum atomic E-state index is 11.7. The zero-order valence-corrected chi connectivity index (χ0v) is 11.0. The fourth-order valence-corrected chi connectivity index (χ4v) is 1.64. The van der Waals surface area contributed by atoms with Crippen LogP contribution < -0.4 is 5.73 Å². The predicted molar refractivity (Wildman–Crippen MR) is 68.3 cm³/mol. The molecular weight excluding hydrogens is 202 g/mol. The van der Waals surface area contributed by atoms with E-state index in [-0.39, 0.29) is 5.91 Å². The molecule has 96 valence electrons. The van der Waals surface area contributed by atoms with Crippen LogP contribution in [-0.4, -0.2) is 55.5 Å². The van der Waals surface area contributed by atoms with Crippen LogP contribution in [0.5, 0.6) is 0 Å². The Balaban J connectivity index is 3.76.